The topological polar surface area (TPSA) is 78.4 Å². The summed E-state index contributed by atoms with van der Waals surface area (Å²) >= 11 is 0. The Morgan fingerprint density at radius 2 is 1.74 bits per heavy atom. The SMILES string of the molecule is Cc1ncc(-c2ccc(C(=O)N3CCC[C@@H]3CN3CCCC3)cc2)nc1C(=O)Nc1ccccc1.[HH].[HH]. The molecule has 35 heavy (non-hydrogen) atoms. The van der Waals surface area contributed by atoms with Gasteiger partial charge in [-0.3, -0.25) is 14.6 Å². The molecule has 3 aromatic rings. The number of aryl methyl sites for hydroxylation is 1. The lowest BCUT2D eigenvalue weighted by Crippen LogP contribution is -2.42. The van der Waals surface area contributed by atoms with Crippen molar-refractivity contribution in [2.45, 2.75) is 38.6 Å². The molecule has 5 rings (SSSR count). The quantitative estimate of drug-likeness (QED) is 0.551. The van der Waals surface area contributed by atoms with Crippen LogP contribution in [0.4, 0.5) is 5.69 Å². The van der Waals surface area contributed by atoms with Gasteiger partial charge >= 0.3 is 0 Å². The van der Waals surface area contributed by atoms with Gasteiger partial charge in [-0.1, -0.05) is 30.3 Å². The number of rotatable bonds is 6. The Morgan fingerprint density at radius 1 is 1.00 bits per heavy atom. The van der Waals surface area contributed by atoms with Crippen molar-refractivity contribution in [1.29, 1.82) is 0 Å². The van der Waals surface area contributed by atoms with Gasteiger partial charge in [0, 0.05) is 38.8 Å². The standard InChI is InChI=1S/C28H31N5O2.2H2/c1-20-26(27(34)30-23-8-3-2-4-9-23)31-25(18-29-20)21-11-13-22(14-12-21)28(35)33-17-7-10-24(33)19-32-15-5-6-16-32;;/h2-4,8-9,11-14,18,24H,5-7,10,15-17,19H2,1H3,(H,30,34);2*1H/t24-;;/m1../s1. The highest BCUT2D eigenvalue weighted by atomic mass is 16.2. The Balaban J connectivity index is 0.00000190. The van der Waals surface area contributed by atoms with Gasteiger partial charge < -0.3 is 15.1 Å². The van der Waals surface area contributed by atoms with Crippen LogP contribution in [0.2, 0.25) is 0 Å². The maximum Gasteiger partial charge on any atom is 0.276 e. The van der Waals surface area contributed by atoms with Crippen molar-refractivity contribution in [1.82, 2.24) is 19.8 Å². The summed E-state index contributed by atoms with van der Waals surface area (Å²) in [4.78, 5) is 39.6. The van der Waals surface area contributed by atoms with Gasteiger partial charge in [-0.25, -0.2) is 4.98 Å². The summed E-state index contributed by atoms with van der Waals surface area (Å²) in [5.41, 5.74) is 3.65. The van der Waals surface area contributed by atoms with Crippen LogP contribution in [0.3, 0.4) is 0 Å². The minimum absolute atomic E-state index is 0. The molecule has 2 aromatic carbocycles. The predicted molar refractivity (Wildman–Crippen MR) is 141 cm³/mol. The molecule has 0 aliphatic carbocycles. The average molecular weight is 474 g/mol. The highest BCUT2D eigenvalue weighted by Crippen LogP contribution is 2.24. The summed E-state index contributed by atoms with van der Waals surface area (Å²) < 4.78 is 0. The van der Waals surface area contributed by atoms with Gasteiger partial charge in [0.1, 0.15) is 5.69 Å². The Hall–Kier alpha value is -3.58. The molecule has 2 aliphatic heterocycles. The maximum atomic E-state index is 13.3. The summed E-state index contributed by atoms with van der Waals surface area (Å²) in [7, 11) is 0. The normalized spacial score (nSPS) is 18.1. The minimum Gasteiger partial charge on any atom is -0.334 e. The lowest BCUT2D eigenvalue weighted by Gasteiger charge is -2.28. The molecule has 0 unspecified atom stereocenters. The van der Waals surface area contributed by atoms with E-state index in [1.807, 2.05) is 59.5 Å². The molecule has 1 aromatic heterocycles. The Kier molecular flexibility index (Phi) is 6.86. The molecule has 2 aliphatic rings. The fraction of sp³-hybridized carbons (Fsp3) is 0.357. The number of nitrogens with zero attached hydrogens (tertiary/aromatic N) is 4. The molecule has 1 atom stereocenters. The molecule has 0 saturated carbocycles. The van der Waals surface area contributed by atoms with Crippen molar-refractivity contribution >= 4 is 17.5 Å². The van der Waals surface area contributed by atoms with Crippen LogP contribution in [0.25, 0.3) is 11.3 Å². The van der Waals surface area contributed by atoms with E-state index in [2.05, 4.69) is 20.2 Å². The minimum atomic E-state index is -0.298. The molecular formula is C28H35N5O2. The lowest BCUT2D eigenvalue weighted by molar-refractivity contribution is 0.0708. The van der Waals surface area contributed by atoms with Gasteiger partial charge in [0.05, 0.1) is 17.6 Å². The molecule has 7 heteroatoms. The van der Waals surface area contributed by atoms with Crippen LogP contribution < -0.4 is 5.32 Å². The molecule has 2 amide bonds. The third-order valence-corrected chi connectivity index (χ3v) is 6.94. The van der Waals surface area contributed by atoms with Crippen LogP contribution in [0.15, 0.2) is 60.8 Å². The number of nitrogens with one attached hydrogen (secondary N) is 1. The zero-order chi connectivity index (χ0) is 24.2. The molecule has 0 spiro atoms. The summed E-state index contributed by atoms with van der Waals surface area (Å²) in [6.45, 7) is 5.87. The number of anilines is 1. The first-order valence-electron chi connectivity index (χ1n) is 12.4. The first-order valence-corrected chi connectivity index (χ1v) is 12.4. The van der Waals surface area contributed by atoms with Crippen molar-refractivity contribution in [2.24, 2.45) is 0 Å². The van der Waals surface area contributed by atoms with Crippen molar-refractivity contribution in [3.8, 4) is 11.3 Å². The van der Waals surface area contributed by atoms with Crippen LogP contribution >= 0.6 is 0 Å². The molecule has 184 valence electrons. The largest absolute Gasteiger partial charge is 0.334 e. The van der Waals surface area contributed by atoms with Gasteiger partial charge in [-0.2, -0.15) is 0 Å². The monoisotopic (exact) mass is 473 g/mol. The van der Waals surface area contributed by atoms with E-state index in [0.717, 1.165) is 44.6 Å². The third kappa shape index (κ3) is 5.25. The number of aromatic nitrogens is 2. The van der Waals surface area contributed by atoms with Crippen molar-refractivity contribution in [3.63, 3.8) is 0 Å². The van der Waals surface area contributed by atoms with Crippen molar-refractivity contribution in [3.05, 3.63) is 77.7 Å². The number of carbonyl (C=O) groups excluding carboxylic acids is 2. The van der Waals surface area contributed by atoms with Crippen LogP contribution in [0.1, 0.15) is 55.1 Å². The van der Waals surface area contributed by atoms with Crippen molar-refractivity contribution in [2.75, 3.05) is 31.5 Å². The number of likely N-dealkylation sites (tertiary alicyclic amines) is 2. The van der Waals surface area contributed by atoms with Crippen LogP contribution in [-0.4, -0.2) is 63.8 Å². The van der Waals surface area contributed by atoms with Gasteiger partial charge in [0.15, 0.2) is 0 Å². The Bertz CT molecular complexity index is 1200. The van der Waals surface area contributed by atoms with E-state index in [0.29, 0.717) is 28.7 Å². The zero-order valence-electron chi connectivity index (χ0n) is 20.1. The number of amides is 2. The van der Waals surface area contributed by atoms with Crippen LogP contribution in [-0.2, 0) is 0 Å². The van der Waals surface area contributed by atoms with E-state index in [1.54, 1.807) is 13.1 Å². The van der Waals surface area contributed by atoms with Gasteiger partial charge in [0.2, 0.25) is 0 Å². The second-order valence-electron chi connectivity index (χ2n) is 9.39. The number of hydrogen-bond acceptors (Lipinski definition) is 5. The first kappa shape index (κ1) is 23.2. The molecule has 2 fully saturated rings. The molecular weight excluding hydrogens is 438 g/mol. The number of carbonyl (C=O) groups is 2. The molecule has 2 saturated heterocycles. The smallest absolute Gasteiger partial charge is 0.276 e. The zero-order valence-corrected chi connectivity index (χ0v) is 20.1. The van der Waals surface area contributed by atoms with Crippen molar-refractivity contribution < 1.29 is 12.4 Å². The highest BCUT2D eigenvalue weighted by Gasteiger charge is 2.31. The average Bonchev–Trinajstić information content (AvgIpc) is 3.57. The van der Waals surface area contributed by atoms with Gasteiger partial charge in [-0.15, -0.1) is 0 Å². The first-order chi connectivity index (χ1) is 17.1. The summed E-state index contributed by atoms with van der Waals surface area (Å²) in [6.07, 6.45) is 6.33. The van der Waals surface area contributed by atoms with Gasteiger partial charge in [-0.05, 0) is 70.0 Å². The highest BCUT2D eigenvalue weighted by molar-refractivity contribution is 6.03. The van der Waals surface area contributed by atoms with Gasteiger partial charge in [0.25, 0.3) is 11.8 Å². The van der Waals surface area contributed by atoms with E-state index >= 15 is 0 Å². The molecule has 7 nitrogen and oxygen atoms in total. The summed E-state index contributed by atoms with van der Waals surface area (Å²) in [5.74, 6) is -0.205. The molecule has 1 N–H and O–H groups in total. The maximum absolute atomic E-state index is 13.3. The molecule has 0 bridgehead atoms. The summed E-state index contributed by atoms with van der Waals surface area (Å²) in [6, 6.07) is 17.1. The lowest BCUT2D eigenvalue weighted by atomic mass is 10.1. The van der Waals surface area contributed by atoms with Crippen LogP contribution in [0, 0.1) is 6.92 Å². The molecule has 3 heterocycles. The van der Waals surface area contributed by atoms with E-state index in [9.17, 15) is 9.59 Å². The Labute approximate surface area is 209 Å². The van der Waals surface area contributed by atoms with E-state index < -0.39 is 0 Å². The van der Waals surface area contributed by atoms with E-state index in [1.165, 1.54) is 12.8 Å². The summed E-state index contributed by atoms with van der Waals surface area (Å²) in [5, 5.41) is 2.87. The second kappa shape index (κ2) is 10.4. The van der Waals surface area contributed by atoms with Crippen LogP contribution in [0.5, 0.6) is 0 Å². The fourth-order valence-electron chi connectivity index (χ4n) is 5.02. The van der Waals surface area contributed by atoms with E-state index in [4.69, 9.17) is 0 Å². The Morgan fingerprint density at radius 3 is 2.49 bits per heavy atom. The molecule has 0 radical (unpaired) electrons. The third-order valence-electron chi connectivity index (χ3n) is 6.94. The van der Waals surface area contributed by atoms with E-state index in [-0.39, 0.29) is 20.4 Å². The predicted octanol–water partition coefficient (Wildman–Crippen LogP) is 4.90. The number of hydrogen-bond donors (Lipinski definition) is 1. The second-order valence-corrected chi connectivity index (χ2v) is 9.39. The number of benzene rings is 2. The number of para-hydroxylation sites is 1. The fourth-order valence-corrected chi connectivity index (χ4v) is 5.02.